The lowest BCUT2D eigenvalue weighted by atomic mass is 9.81. The zero-order chi connectivity index (χ0) is 10.5. The van der Waals surface area contributed by atoms with Crippen LogP contribution in [0.5, 0.6) is 0 Å². The smallest absolute Gasteiger partial charge is 0.000497 e. The van der Waals surface area contributed by atoms with Gasteiger partial charge in [0.25, 0.3) is 0 Å². The molecule has 0 aliphatic carbocycles. The molecule has 0 saturated carbocycles. The summed E-state index contributed by atoms with van der Waals surface area (Å²) in [5, 5.41) is 3.54. The van der Waals surface area contributed by atoms with E-state index in [0.717, 1.165) is 24.9 Å². The summed E-state index contributed by atoms with van der Waals surface area (Å²) >= 11 is 0. The Balaban J connectivity index is 3.52. The highest BCUT2D eigenvalue weighted by molar-refractivity contribution is 4.74. The highest BCUT2D eigenvalue weighted by Gasteiger charge is 2.21. The summed E-state index contributed by atoms with van der Waals surface area (Å²) in [5.74, 6) is 1.56. The molecular weight excluding hydrogens is 158 g/mol. The normalized spacial score (nSPS) is 12.9. The second-order valence-electron chi connectivity index (χ2n) is 5.50. The quantitative estimate of drug-likeness (QED) is 0.626. The first kappa shape index (κ1) is 13.0. The topological polar surface area (TPSA) is 12.0 Å². The predicted molar refractivity (Wildman–Crippen MR) is 60.9 cm³/mol. The summed E-state index contributed by atoms with van der Waals surface area (Å²) in [7, 11) is 0. The molecule has 13 heavy (non-hydrogen) atoms. The second-order valence-corrected chi connectivity index (χ2v) is 5.50. The van der Waals surface area contributed by atoms with Crippen molar-refractivity contribution in [3.63, 3.8) is 0 Å². The van der Waals surface area contributed by atoms with Crippen molar-refractivity contribution in [1.29, 1.82) is 0 Å². The third-order valence-corrected chi connectivity index (χ3v) is 3.04. The van der Waals surface area contributed by atoms with E-state index in [0.29, 0.717) is 5.41 Å². The summed E-state index contributed by atoms with van der Waals surface area (Å²) in [6.07, 6.45) is 1.29. The molecule has 0 aromatic carbocycles. The third-order valence-electron chi connectivity index (χ3n) is 3.04. The first-order valence-corrected chi connectivity index (χ1v) is 5.57. The summed E-state index contributed by atoms with van der Waals surface area (Å²) in [6, 6.07) is 0. The molecule has 0 aliphatic rings. The number of nitrogens with one attached hydrogen (secondary N) is 1. The number of rotatable bonds is 6. The van der Waals surface area contributed by atoms with Crippen LogP contribution in [0.1, 0.15) is 48.0 Å². The fourth-order valence-corrected chi connectivity index (χ4v) is 1.01. The van der Waals surface area contributed by atoms with Crippen LogP contribution < -0.4 is 5.32 Å². The molecule has 1 nitrogen and oxygen atoms in total. The lowest BCUT2D eigenvalue weighted by Gasteiger charge is -2.29. The van der Waals surface area contributed by atoms with Gasteiger partial charge in [-0.1, -0.05) is 41.5 Å². The fourth-order valence-electron chi connectivity index (χ4n) is 1.01. The Bertz CT molecular complexity index is 125. The molecule has 0 unspecified atom stereocenters. The molecule has 0 aromatic rings. The molecule has 0 heterocycles. The van der Waals surface area contributed by atoms with Crippen LogP contribution in [0.4, 0.5) is 0 Å². The van der Waals surface area contributed by atoms with E-state index in [9.17, 15) is 0 Å². The minimum absolute atomic E-state index is 0.428. The molecule has 0 rings (SSSR count). The average Bonchev–Trinajstić information content (AvgIpc) is 1.97. The Labute approximate surface area is 84.3 Å². The van der Waals surface area contributed by atoms with Crippen LogP contribution >= 0.6 is 0 Å². The van der Waals surface area contributed by atoms with Crippen molar-refractivity contribution in [3.8, 4) is 0 Å². The second kappa shape index (κ2) is 5.64. The van der Waals surface area contributed by atoms with Gasteiger partial charge >= 0.3 is 0 Å². The van der Waals surface area contributed by atoms with E-state index in [2.05, 4.69) is 46.9 Å². The molecule has 0 amide bonds. The van der Waals surface area contributed by atoms with Crippen LogP contribution in [0.3, 0.4) is 0 Å². The first-order valence-electron chi connectivity index (χ1n) is 5.57. The van der Waals surface area contributed by atoms with Gasteiger partial charge in [-0.05, 0) is 30.2 Å². The standard InChI is InChI=1S/C12H27N/c1-10(2)7-8-13-9-12(5,6)11(3)4/h10-11,13H,7-9H2,1-6H3. The number of hydrogen-bond acceptors (Lipinski definition) is 1. The Morgan fingerprint density at radius 2 is 1.62 bits per heavy atom. The molecule has 0 atom stereocenters. The van der Waals surface area contributed by atoms with E-state index in [1.807, 2.05) is 0 Å². The number of hydrogen-bond donors (Lipinski definition) is 1. The van der Waals surface area contributed by atoms with Gasteiger partial charge in [-0.3, -0.25) is 0 Å². The molecule has 0 fully saturated rings. The molecule has 1 heteroatoms. The highest BCUT2D eigenvalue weighted by atomic mass is 14.9. The lowest BCUT2D eigenvalue weighted by Crippen LogP contribution is -2.34. The zero-order valence-electron chi connectivity index (χ0n) is 10.3. The molecule has 1 N–H and O–H groups in total. The van der Waals surface area contributed by atoms with Crippen molar-refractivity contribution in [2.45, 2.75) is 48.0 Å². The van der Waals surface area contributed by atoms with Crippen molar-refractivity contribution < 1.29 is 0 Å². The molecule has 0 aliphatic heterocycles. The van der Waals surface area contributed by atoms with Crippen molar-refractivity contribution in [1.82, 2.24) is 5.32 Å². The molecule has 0 bridgehead atoms. The van der Waals surface area contributed by atoms with Gasteiger partial charge in [0.1, 0.15) is 0 Å². The van der Waals surface area contributed by atoms with Crippen molar-refractivity contribution in [2.75, 3.05) is 13.1 Å². The Morgan fingerprint density at radius 1 is 1.08 bits per heavy atom. The van der Waals surface area contributed by atoms with Gasteiger partial charge < -0.3 is 5.32 Å². The van der Waals surface area contributed by atoms with Gasteiger partial charge in [0.2, 0.25) is 0 Å². The van der Waals surface area contributed by atoms with E-state index in [4.69, 9.17) is 0 Å². The monoisotopic (exact) mass is 185 g/mol. The maximum absolute atomic E-state index is 3.54. The van der Waals surface area contributed by atoms with Gasteiger partial charge in [0.05, 0.1) is 0 Å². The van der Waals surface area contributed by atoms with E-state index >= 15 is 0 Å². The largest absolute Gasteiger partial charge is 0.316 e. The van der Waals surface area contributed by atoms with Crippen LogP contribution in [0.15, 0.2) is 0 Å². The SMILES string of the molecule is CC(C)CCNCC(C)(C)C(C)C. The van der Waals surface area contributed by atoms with E-state index in [1.54, 1.807) is 0 Å². The summed E-state index contributed by atoms with van der Waals surface area (Å²) in [4.78, 5) is 0. The third kappa shape index (κ3) is 6.09. The van der Waals surface area contributed by atoms with Gasteiger partial charge in [0.15, 0.2) is 0 Å². The fraction of sp³-hybridized carbons (Fsp3) is 1.00. The van der Waals surface area contributed by atoms with Crippen molar-refractivity contribution in [2.24, 2.45) is 17.3 Å². The van der Waals surface area contributed by atoms with Gasteiger partial charge in [0, 0.05) is 6.54 Å². The van der Waals surface area contributed by atoms with Crippen LogP contribution in [0.2, 0.25) is 0 Å². The van der Waals surface area contributed by atoms with Crippen LogP contribution in [0, 0.1) is 17.3 Å². The molecule has 0 spiro atoms. The van der Waals surface area contributed by atoms with E-state index in [-0.39, 0.29) is 0 Å². The minimum Gasteiger partial charge on any atom is -0.316 e. The molecule has 80 valence electrons. The summed E-state index contributed by atoms with van der Waals surface area (Å²) in [6.45, 7) is 16.1. The lowest BCUT2D eigenvalue weighted by molar-refractivity contribution is 0.237. The van der Waals surface area contributed by atoms with E-state index in [1.165, 1.54) is 6.42 Å². The van der Waals surface area contributed by atoms with Crippen LogP contribution in [-0.2, 0) is 0 Å². The van der Waals surface area contributed by atoms with Crippen molar-refractivity contribution >= 4 is 0 Å². The average molecular weight is 185 g/mol. The van der Waals surface area contributed by atoms with Gasteiger partial charge in [-0.15, -0.1) is 0 Å². The summed E-state index contributed by atoms with van der Waals surface area (Å²) < 4.78 is 0. The summed E-state index contributed by atoms with van der Waals surface area (Å²) in [5.41, 5.74) is 0.428. The van der Waals surface area contributed by atoms with E-state index < -0.39 is 0 Å². The molecule has 0 radical (unpaired) electrons. The minimum atomic E-state index is 0.428. The van der Waals surface area contributed by atoms with Gasteiger partial charge in [-0.2, -0.15) is 0 Å². The maximum Gasteiger partial charge on any atom is 0.000497 e. The Hall–Kier alpha value is -0.0400. The zero-order valence-corrected chi connectivity index (χ0v) is 10.3. The van der Waals surface area contributed by atoms with Crippen LogP contribution in [-0.4, -0.2) is 13.1 Å². The maximum atomic E-state index is 3.54. The van der Waals surface area contributed by atoms with Crippen molar-refractivity contribution in [3.05, 3.63) is 0 Å². The highest BCUT2D eigenvalue weighted by Crippen LogP contribution is 2.24. The molecule has 0 aromatic heterocycles. The van der Waals surface area contributed by atoms with Crippen LogP contribution in [0.25, 0.3) is 0 Å². The first-order chi connectivity index (χ1) is 5.86. The van der Waals surface area contributed by atoms with Gasteiger partial charge in [-0.25, -0.2) is 0 Å². The molecule has 0 saturated heterocycles. The Kier molecular flexibility index (Phi) is 5.62. The Morgan fingerprint density at radius 3 is 2.00 bits per heavy atom. The predicted octanol–water partition coefficient (Wildman–Crippen LogP) is 3.30. The molecular formula is C12H27N.